The molecule has 5 aromatic rings. The van der Waals surface area contributed by atoms with Crippen molar-refractivity contribution in [3.63, 3.8) is 0 Å². The first-order valence-corrected chi connectivity index (χ1v) is 9.80. The van der Waals surface area contributed by atoms with Gasteiger partial charge in [-0.05, 0) is 42.0 Å². The van der Waals surface area contributed by atoms with Crippen LogP contribution in [0.1, 0.15) is 17.2 Å². The molecule has 0 N–H and O–H groups in total. The third kappa shape index (κ3) is 2.32. The van der Waals surface area contributed by atoms with Crippen LogP contribution in [0.5, 0.6) is 5.75 Å². The summed E-state index contributed by atoms with van der Waals surface area (Å²) in [6, 6.07) is 25.7. The van der Waals surface area contributed by atoms with E-state index in [1.165, 1.54) is 0 Å². The molecular weight excluding hydrogens is 374 g/mol. The van der Waals surface area contributed by atoms with Gasteiger partial charge in [0.15, 0.2) is 5.82 Å². The first kappa shape index (κ1) is 16.9. The van der Waals surface area contributed by atoms with Crippen molar-refractivity contribution in [2.75, 3.05) is 7.11 Å². The first-order valence-electron chi connectivity index (χ1n) is 9.80. The Kier molecular flexibility index (Phi) is 3.53. The van der Waals surface area contributed by atoms with E-state index in [1.807, 2.05) is 60.7 Å². The first-order chi connectivity index (χ1) is 14.7. The van der Waals surface area contributed by atoms with Crippen LogP contribution in [0.3, 0.4) is 0 Å². The highest BCUT2D eigenvalue weighted by Gasteiger charge is 2.34. The zero-order chi connectivity index (χ0) is 20.2. The molecule has 0 radical (unpaired) electrons. The van der Waals surface area contributed by atoms with Crippen LogP contribution >= 0.6 is 0 Å². The molecule has 1 unspecified atom stereocenters. The van der Waals surface area contributed by atoms with Crippen LogP contribution in [0.15, 0.2) is 83.7 Å². The lowest BCUT2D eigenvalue weighted by Crippen LogP contribution is -2.16. The van der Waals surface area contributed by atoms with E-state index in [2.05, 4.69) is 27.8 Å². The topological polar surface area (TPSA) is 57.0 Å². The average molecular weight is 391 g/mol. The van der Waals surface area contributed by atoms with Crippen molar-refractivity contribution >= 4 is 21.8 Å². The second-order valence-electron chi connectivity index (χ2n) is 7.43. The minimum absolute atomic E-state index is 0.153. The molecule has 0 saturated carbocycles. The number of para-hydroxylation sites is 2. The maximum absolute atomic E-state index is 12.8. The van der Waals surface area contributed by atoms with Gasteiger partial charge in [-0.1, -0.05) is 42.5 Å². The Morgan fingerprint density at radius 1 is 0.900 bits per heavy atom. The van der Waals surface area contributed by atoms with E-state index >= 15 is 0 Å². The quantitative estimate of drug-likeness (QED) is 0.434. The largest absolute Gasteiger partial charge is 0.497 e. The maximum atomic E-state index is 12.8. The molecule has 144 valence electrons. The lowest BCUT2D eigenvalue weighted by atomic mass is 9.98. The van der Waals surface area contributed by atoms with Gasteiger partial charge in [0.2, 0.25) is 0 Å². The van der Waals surface area contributed by atoms with Gasteiger partial charge in [-0.25, -0.2) is 4.98 Å². The summed E-state index contributed by atoms with van der Waals surface area (Å²) in [7, 11) is 1.67. The molecule has 5 heteroatoms. The predicted octanol–water partition coefficient (Wildman–Crippen LogP) is 4.57. The summed E-state index contributed by atoms with van der Waals surface area (Å²) in [6.07, 6.45) is 0. The van der Waals surface area contributed by atoms with Crippen molar-refractivity contribution in [1.29, 1.82) is 0 Å². The fourth-order valence-corrected chi connectivity index (χ4v) is 4.42. The Hall–Kier alpha value is -3.99. The Bertz CT molecular complexity index is 1520. The summed E-state index contributed by atoms with van der Waals surface area (Å²) in [6.45, 7) is 0. The molecule has 0 aliphatic carbocycles. The lowest BCUT2D eigenvalue weighted by molar-refractivity contribution is 0.414. The molecule has 0 fully saturated rings. The van der Waals surface area contributed by atoms with Crippen molar-refractivity contribution in [3.8, 4) is 17.3 Å². The number of rotatable bonds is 2. The van der Waals surface area contributed by atoms with E-state index in [4.69, 9.17) is 9.72 Å². The number of hydrogen-bond donors (Lipinski definition) is 0. The van der Waals surface area contributed by atoms with Crippen molar-refractivity contribution in [2.45, 2.75) is 6.04 Å². The number of ether oxygens (including phenoxy) is 1. The number of benzene rings is 3. The van der Waals surface area contributed by atoms with Gasteiger partial charge in [0, 0.05) is 10.9 Å². The van der Waals surface area contributed by atoms with E-state index in [-0.39, 0.29) is 11.6 Å². The van der Waals surface area contributed by atoms with E-state index in [1.54, 1.807) is 7.11 Å². The van der Waals surface area contributed by atoms with Crippen LogP contribution in [0.4, 0.5) is 0 Å². The van der Waals surface area contributed by atoms with Gasteiger partial charge in [0.25, 0.3) is 5.56 Å². The SMILES string of the molecule is COc1cccc(C2c3cc4ccccc4nc3-c3nc(=O)c4ccccc4n32)c1. The van der Waals surface area contributed by atoms with Crippen molar-refractivity contribution in [2.24, 2.45) is 0 Å². The van der Waals surface area contributed by atoms with Gasteiger partial charge in [-0.3, -0.25) is 4.79 Å². The minimum Gasteiger partial charge on any atom is -0.497 e. The highest BCUT2D eigenvalue weighted by atomic mass is 16.5. The van der Waals surface area contributed by atoms with Crippen LogP contribution in [0, 0.1) is 0 Å². The van der Waals surface area contributed by atoms with Gasteiger partial charge in [-0.2, -0.15) is 4.98 Å². The summed E-state index contributed by atoms with van der Waals surface area (Å²) in [5.74, 6) is 1.39. The number of pyridine rings is 1. The number of nitrogens with zero attached hydrogens (tertiary/aromatic N) is 3. The molecule has 2 aromatic heterocycles. The van der Waals surface area contributed by atoms with Gasteiger partial charge >= 0.3 is 0 Å². The van der Waals surface area contributed by atoms with Crippen LogP contribution in [0.2, 0.25) is 0 Å². The van der Waals surface area contributed by atoms with Crippen molar-refractivity contribution in [3.05, 3.63) is 100 Å². The van der Waals surface area contributed by atoms with Crippen molar-refractivity contribution in [1.82, 2.24) is 14.5 Å². The monoisotopic (exact) mass is 391 g/mol. The molecule has 1 aliphatic rings. The second-order valence-corrected chi connectivity index (χ2v) is 7.43. The van der Waals surface area contributed by atoms with Gasteiger partial charge in [0.05, 0.1) is 29.6 Å². The zero-order valence-corrected chi connectivity index (χ0v) is 16.2. The summed E-state index contributed by atoms with van der Waals surface area (Å²) >= 11 is 0. The molecular formula is C25H17N3O2. The van der Waals surface area contributed by atoms with Gasteiger partial charge < -0.3 is 9.30 Å². The van der Waals surface area contributed by atoms with E-state index in [0.717, 1.165) is 39.0 Å². The third-order valence-corrected chi connectivity index (χ3v) is 5.76. The normalized spacial score (nSPS) is 14.6. The number of methoxy groups -OCH3 is 1. The number of aromatic nitrogens is 3. The molecule has 3 aromatic carbocycles. The lowest BCUT2D eigenvalue weighted by Gasteiger charge is -2.19. The summed E-state index contributed by atoms with van der Waals surface area (Å²) in [5.41, 5.74) is 4.35. The second kappa shape index (κ2) is 6.26. The fraction of sp³-hybridized carbons (Fsp3) is 0.0800. The zero-order valence-electron chi connectivity index (χ0n) is 16.2. The Labute approximate surface area is 172 Å². The van der Waals surface area contributed by atoms with Gasteiger partial charge in [-0.15, -0.1) is 0 Å². The van der Waals surface area contributed by atoms with Crippen LogP contribution in [-0.4, -0.2) is 21.6 Å². The molecule has 30 heavy (non-hydrogen) atoms. The minimum atomic E-state index is -0.232. The van der Waals surface area contributed by atoms with E-state index < -0.39 is 0 Å². The van der Waals surface area contributed by atoms with Crippen LogP contribution < -0.4 is 10.3 Å². The summed E-state index contributed by atoms with van der Waals surface area (Å²) < 4.78 is 7.60. The Morgan fingerprint density at radius 2 is 1.73 bits per heavy atom. The van der Waals surface area contributed by atoms with Crippen LogP contribution in [0.25, 0.3) is 33.3 Å². The Morgan fingerprint density at radius 3 is 2.63 bits per heavy atom. The number of fused-ring (bicyclic) bond motifs is 6. The molecule has 3 heterocycles. The molecule has 0 bridgehead atoms. The summed E-state index contributed by atoms with van der Waals surface area (Å²) in [4.78, 5) is 22.2. The van der Waals surface area contributed by atoms with E-state index in [0.29, 0.717) is 11.2 Å². The highest BCUT2D eigenvalue weighted by molar-refractivity contribution is 5.87. The molecule has 0 amide bonds. The van der Waals surface area contributed by atoms with Crippen molar-refractivity contribution < 1.29 is 4.74 Å². The third-order valence-electron chi connectivity index (χ3n) is 5.76. The summed E-state index contributed by atoms with van der Waals surface area (Å²) in [5, 5.41) is 1.66. The standard InChI is InChI=1S/C25H17N3O2/c1-30-17-9-6-8-16(13-17)23-19-14-15-7-2-4-11-20(15)26-22(19)24-27-25(29)18-10-3-5-12-21(18)28(23)24/h2-14,23H,1H3. The maximum Gasteiger partial charge on any atom is 0.281 e. The molecule has 1 atom stereocenters. The molecule has 6 rings (SSSR count). The van der Waals surface area contributed by atoms with Crippen LogP contribution in [-0.2, 0) is 0 Å². The highest BCUT2D eigenvalue weighted by Crippen LogP contribution is 2.44. The molecule has 0 saturated heterocycles. The van der Waals surface area contributed by atoms with Gasteiger partial charge in [0.1, 0.15) is 11.4 Å². The smallest absolute Gasteiger partial charge is 0.281 e. The molecule has 0 spiro atoms. The average Bonchev–Trinajstić information content (AvgIpc) is 3.11. The molecule has 5 nitrogen and oxygen atoms in total. The predicted molar refractivity (Wildman–Crippen MR) is 117 cm³/mol. The Balaban J connectivity index is 1.76. The molecule has 1 aliphatic heterocycles. The van der Waals surface area contributed by atoms with E-state index in [9.17, 15) is 4.79 Å². The fourth-order valence-electron chi connectivity index (χ4n) is 4.42. The number of hydrogen-bond acceptors (Lipinski definition) is 4.